The molecular formula is C13H10BrNO3. The van der Waals surface area contributed by atoms with E-state index in [2.05, 4.69) is 21.2 Å². The molecule has 0 saturated heterocycles. The maximum atomic E-state index is 11.9. The Morgan fingerprint density at radius 2 is 1.61 bits per heavy atom. The fourth-order valence-electron chi connectivity index (χ4n) is 1.53. The molecule has 92 valence electrons. The molecule has 5 heteroatoms. The standard InChI is InChI=1S/C13H10BrNO3/c14-8-6-10(16)12(11(17)7-8)13(18)15-9-4-2-1-3-5-9/h1-7,16-17H,(H,15,18). The van der Waals surface area contributed by atoms with Crippen molar-refractivity contribution in [3.63, 3.8) is 0 Å². The van der Waals surface area contributed by atoms with Crippen LogP contribution < -0.4 is 5.32 Å². The highest BCUT2D eigenvalue weighted by molar-refractivity contribution is 9.10. The van der Waals surface area contributed by atoms with E-state index in [0.717, 1.165) is 0 Å². The summed E-state index contributed by atoms with van der Waals surface area (Å²) in [7, 11) is 0. The first kappa shape index (κ1) is 12.4. The molecule has 1 amide bonds. The number of nitrogens with one attached hydrogen (secondary N) is 1. The van der Waals surface area contributed by atoms with Crippen LogP contribution in [0.5, 0.6) is 11.5 Å². The second-order valence-electron chi connectivity index (χ2n) is 3.64. The van der Waals surface area contributed by atoms with E-state index in [9.17, 15) is 15.0 Å². The van der Waals surface area contributed by atoms with Crippen LogP contribution in [0.2, 0.25) is 0 Å². The summed E-state index contributed by atoms with van der Waals surface area (Å²) in [6.45, 7) is 0. The van der Waals surface area contributed by atoms with E-state index >= 15 is 0 Å². The van der Waals surface area contributed by atoms with Gasteiger partial charge in [-0.25, -0.2) is 0 Å². The highest BCUT2D eigenvalue weighted by Gasteiger charge is 2.17. The lowest BCUT2D eigenvalue weighted by atomic mass is 10.1. The molecule has 4 nitrogen and oxygen atoms in total. The van der Waals surface area contributed by atoms with Gasteiger partial charge in [-0.2, -0.15) is 0 Å². The molecule has 0 aliphatic rings. The van der Waals surface area contributed by atoms with Crippen molar-refractivity contribution in [2.45, 2.75) is 0 Å². The zero-order chi connectivity index (χ0) is 13.1. The van der Waals surface area contributed by atoms with E-state index in [0.29, 0.717) is 10.2 Å². The van der Waals surface area contributed by atoms with Crippen molar-refractivity contribution in [3.05, 3.63) is 52.5 Å². The second-order valence-corrected chi connectivity index (χ2v) is 4.55. The Hall–Kier alpha value is -2.01. The van der Waals surface area contributed by atoms with Gasteiger partial charge in [-0.15, -0.1) is 0 Å². The van der Waals surface area contributed by atoms with Crippen molar-refractivity contribution in [1.82, 2.24) is 0 Å². The number of halogens is 1. The summed E-state index contributed by atoms with van der Waals surface area (Å²) in [4.78, 5) is 11.9. The summed E-state index contributed by atoms with van der Waals surface area (Å²) in [5.74, 6) is -1.13. The minimum absolute atomic E-state index is 0.151. The number of carbonyl (C=O) groups excluding carboxylic acids is 1. The monoisotopic (exact) mass is 307 g/mol. The van der Waals surface area contributed by atoms with Crippen LogP contribution in [-0.2, 0) is 0 Å². The number of para-hydroxylation sites is 1. The van der Waals surface area contributed by atoms with Gasteiger partial charge in [0.05, 0.1) is 0 Å². The van der Waals surface area contributed by atoms with E-state index in [-0.39, 0.29) is 17.1 Å². The van der Waals surface area contributed by atoms with E-state index < -0.39 is 5.91 Å². The molecule has 2 rings (SSSR count). The molecule has 3 N–H and O–H groups in total. The Bertz CT molecular complexity index is 561. The molecule has 0 spiro atoms. The summed E-state index contributed by atoms with van der Waals surface area (Å²) in [5, 5.41) is 21.9. The third kappa shape index (κ3) is 2.62. The van der Waals surface area contributed by atoms with E-state index in [1.165, 1.54) is 12.1 Å². The number of anilines is 1. The van der Waals surface area contributed by atoms with Crippen molar-refractivity contribution in [3.8, 4) is 11.5 Å². The first-order valence-electron chi connectivity index (χ1n) is 5.16. The van der Waals surface area contributed by atoms with Crippen LogP contribution in [0.3, 0.4) is 0 Å². The van der Waals surface area contributed by atoms with Crippen LogP contribution >= 0.6 is 15.9 Å². The predicted molar refractivity (Wildman–Crippen MR) is 71.9 cm³/mol. The van der Waals surface area contributed by atoms with Crippen LogP contribution in [0.4, 0.5) is 5.69 Å². The minimum Gasteiger partial charge on any atom is -0.507 e. The molecule has 0 radical (unpaired) electrons. The Labute approximate surface area is 112 Å². The Kier molecular flexibility index (Phi) is 3.53. The van der Waals surface area contributed by atoms with Crippen LogP contribution in [0, 0.1) is 0 Å². The topological polar surface area (TPSA) is 69.6 Å². The number of amides is 1. The first-order chi connectivity index (χ1) is 8.58. The SMILES string of the molecule is O=C(Nc1ccccc1)c1c(O)cc(Br)cc1O. The molecule has 0 fully saturated rings. The van der Waals surface area contributed by atoms with Crippen molar-refractivity contribution in [2.24, 2.45) is 0 Å². The van der Waals surface area contributed by atoms with E-state index in [4.69, 9.17) is 0 Å². The number of carbonyl (C=O) groups is 1. The second kappa shape index (κ2) is 5.10. The third-order valence-electron chi connectivity index (χ3n) is 2.32. The summed E-state index contributed by atoms with van der Waals surface area (Å²) < 4.78 is 0.494. The van der Waals surface area contributed by atoms with Crippen LogP contribution in [0.15, 0.2) is 46.9 Å². The molecule has 0 saturated carbocycles. The molecule has 0 atom stereocenters. The van der Waals surface area contributed by atoms with Crippen molar-refractivity contribution >= 4 is 27.5 Å². The molecular weight excluding hydrogens is 298 g/mol. The molecule has 2 aromatic rings. The van der Waals surface area contributed by atoms with Gasteiger partial charge in [0.2, 0.25) is 0 Å². The molecule has 0 aromatic heterocycles. The molecule has 2 aromatic carbocycles. The van der Waals surface area contributed by atoms with Gasteiger partial charge >= 0.3 is 0 Å². The average molecular weight is 308 g/mol. The fraction of sp³-hybridized carbons (Fsp3) is 0. The smallest absolute Gasteiger partial charge is 0.263 e. The number of phenolic OH excluding ortho intramolecular Hbond substituents is 2. The number of phenols is 2. The zero-order valence-electron chi connectivity index (χ0n) is 9.22. The molecule has 0 heterocycles. The first-order valence-corrected chi connectivity index (χ1v) is 5.95. The molecule has 0 unspecified atom stereocenters. The Balaban J connectivity index is 2.30. The number of benzene rings is 2. The number of hydrogen-bond acceptors (Lipinski definition) is 3. The molecule has 0 aliphatic heterocycles. The van der Waals surface area contributed by atoms with Crippen LogP contribution in [0.25, 0.3) is 0 Å². The quantitative estimate of drug-likeness (QED) is 0.798. The van der Waals surface area contributed by atoms with Gasteiger partial charge in [0.15, 0.2) is 0 Å². The van der Waals surface area contributed by atoms with Gasteiger partial charge in [-0.3, -0.25) is 4.79 Å². The van der Waals surface area contributed by atoms with Gasteiger partial charge in [0.1, 0.15) is 17.1 Å². The number of hydrogen-bond donors (Lipinski definition) is 3. The van der Waals surface area contributed by atoms with Crippen molar-refractivity contribution in [1.29, 1.82) is 0 Å². The van der Waals surface area contributed by atoms with Gasteiger partial charge in [0, 0.05) is 10.2 Å². The van der Waals surface area contributed by atoms with Crippen molar-refractivity contribution < 1.29 is 15.0 Å². The summed E-state index contributed by atoms with van der Waals surface area (Å²) in [6, 6.07) is 11.5. The van der Waals surface area contributed by atoms with Crippen molar-refractivity contribution in [2.75, 3.05) is 5.32 Å². The van der Waals surface area contributed by atoms with Gasteiger partial charge in [-0.05, 0) is 24.3 Å². The molecule has 18 heavy (non-hydrogen) atoms. The van der Waals surface area contributed by atoms with Crippen LogP contribution in [-0.4, -0.2) is 16.1 Å². The zero-order valence-corrected chi connectivity index (χ0v) is 10.8. The van der Waals surface area contributed by atoms with Gasteiger partial charge in [-0.1, -0.05) is 34.1 Å². The third-order valence-corrected chi connectivity index (χ3v) is 2.78. The number of rotatable bonds is 2. The maximum Gasteiger partial charge on any atom is 0.263 e. The highest BCUT2D eigenvalue weighted by Crippen LogP contribution is 2.31. The largest absolute Gasteiger partial charge is 0.507 e. The summed E-state index contributed by atoms with van der Waals surface area (Å²) in [6.07, 6.45) is 0. The predicted octanol–water partition coefficient (Wildman–Crippen LogP) is 3.11. The lowest BCUT2D eigenvalue weighted by Gasteiger charge is -2.09. The molecule has 0 bridgehead atoms. The maximum absolute atomic E-state index is 11.9. The van der Waals surface area contributed by atoms with Crippen LogP contribution in [0.1, 0.15) is 10.4 Å². The fourth-order valence-corrected chi connectivity index (χ4v) is 1.96. The minimum atomic E-state index is -0.566. The van der Waals surface area contributed by atoms with Gasteiger partial charge in [0.25, 0.3) is 5.91 Å². The lowest BCUT2D eigenvalue weighted by molar-refractivity contribution is 0.102. The highest BCUT2D eigenvalue weighted by atomic mass is 79.9. The normalized spacial score (nSPS) is 10.1. The Morgan fingerprint density at radius 3 is 2.17 bits per heavy atom. The lowest BCUT2D eigenvalue weighted by Crippen LogP contribution is -2.12. The van der Waals surface area contributed by atoms with E-state index in [1.807, 2.05) is 6.07 Å². The van der Waals surface area contributed by atoms with Gasteiger partial charge < -0.3 is 15.5 Å². The molecule has 0 aliphatic carbocycles. The Morgan fingerprint density at radius 1 is 1.06 bits per heavy atom. The average Bonchev–Trinajstić information content (AvgIpc) is 2.28. The summed E-state index contributed by atoms with van der Waals surface area (Å²) >= 11 is 3.11. The van der Waals surface area contributed by atoms with E-state index in [1.54, 1.807) is 24.3 Å². The summed E-state index contributed by atoms with van der Waals surface area (Å²) in [5.41, 5.74) is 0.436. The number of aromatic hydroxyl groups is 2.